The highest BCUT2D eigenvalue weighted by Gasteiger charge is 2.05. The Kier molecular flexibility index (Phi) is 5.81. The maximum Gasteiger partial charge on any atom is 0.222 e. The highest BCUT2D eigenvalue weighted by atomic mass is 35.5. The predicted octanol–water partition coefficient (Wildman–Crippen LogP) is 4.79. The summed E-state index contributed by atoms with van der Waals surface area (Å²) in [6, 6.07) is 7.39. The summed E-state index contributed by atoms with van der Waals surface area (Å²) in [6.45, 7) is 6.16. The number of H-pyrrole nitrogens is 1. The molecule has 0 unspecified atom stereocenters. The minimum atomic E-state index is 0.569. The van der Waals surface area contributed by atoms with Crippen LogP contribution in [0.3, 0.4) is 0 Å². The van der Waals surface area contributed by atoms with Crippen molar-refractivity contribution in [2.24, 2.45) is 0 Å². The number of rotatable bonds is 6. The molecular formula is C16H16Cl2N4. The maximum atomic E-state index is 5.87. The molecule has 0 fully saturated rings. The minimum Gasteiger partial charge on any atom is -0.350 e. The normalized spacial score (nSPS) is 12.3. The van der Waals surface area contributed by atoms with E-state index >= 15 is 0 Å². The second kappa shape index (κ2) is 7.82. The Morgan fingerprint density at radius 3 is 2.64 bits per heavy atom. The summed E-state index contributed by atoms with van der Waals surface area (Å²) in [5, 5.41) is 12.7. The number of anilines is 1. The summed E-state index contributed by atoms with van der Waals surface area (Å²) in [4.78, 5) is 3.11. The van der Waals surface area contributed by atoms with Crippen molar-refractivity contribution in [1.82, 2.24) is 15.2 Å². The molecule has 2 aromatic rings. The average molecular weight is 335 g/mol. The van der Waals surface area contributed by atoms with Gasteiger partial charge in [-0.15, -0.1) is 10.2 Å². The lowest BCUT2D eigenvalue weighted by Gasteiger charge is -2.02. The summed E-state index contributed by atoms with van der Waals surface area (Å²) in [5.41, 5.74) is 1.91. The number of hydrogen-bond acceptors (Lipinski definition) is 3. The van der Waals surface area contributed by atoms with Gasteiger partial charge in [0, 0.05) is 22.2 Å². The molecule has 2 N–H and O–H groups in total. The molecule has 2 rings (SSSR count). The summed E-state index contributed by atoms with van der Waals surface area (Å²) >= 11 is 11.7. The second-order valence-corrected chi connectivity index (χ2v) is 5.61. The number of nitrogens with zero attached hydrogens (tertiary/aromatic N) is 2. The smallest absolute Gasteiger partial charge is 0.222 e. The molecule has 0 saturated heterocycles. The van der Waals surface area contributed by atoms with Gasteiger partial charge >= 0.3 is 0 Å². The van der Waals surface area contributed by atoms with Crippen molar-refractivity contribution in [3.8, 4) is 11.4 Å². The molecule has 0 radical (unpaired) electrons. The number of aromatic amines is 1. The SMILES string of the molecule is C=C/C(=C\C=C(/C)Cl)CNc1nnc(-c2ccc(Cl)cc2)[nH]1. The van der Waals surface area contributed by atoms with Crippen LogP contribution in [0.15, 0.2) is 59.7 Å². The van der Waals surface area contributed by atoms with Gasteiger partial charge in [-0.1, -0.05) is 41.9 Å². The standard InChI is InChI=1S/C16H16Cl2N4/c1-3-12(5-4-11(2)17)10-19-16-20-15(21-22-16)13-6-8-14(18)9-7-13/h3-9H,1,10H2,2H3,(H2,19,20,21,22)/b11-4+,12-5+. The van der Waals surface area contributed by atoms with Gasteiger partial charge in [-0.3, -0.25) is 0 Å². The van der Waals surface area contributed by atoms with Gasteiger partial charge in [0.25, 0.3) is 0 Å². The largest absolute Gasteiger partial charge is 0.350 e. The molecule has 4 nitrogen and oxygen atoms in total. The maximum absolute atomic E-state index is 5.87. The molecule has 0 aliphatic rings. The van der Waals surface area contributed by atoms with Gasteiger partial charge < -0.3 is 10.3 Å². The zero-order chi connectivity index (χ0) is 15.9. The van der Waals surface area contributed by atoms with Crippen molar-refractivity contribution < 1.29 is 0 Å². The first-order valence-electron chi connectivity index (χ1n) is 6.66. The summed E-state index contributed by atoms with van der Waals surface area (Å²) < 4.78 is 0. The van der Waals surface area contributed by atoms with Gasteiger partial charge in [0.15, 0.2) is 5.82 Å². The van der Waals surface area contributed by atoms with Gasteiger partial charge in [-0.05, 0) is 42.8 Å². The number of nitrogens with one attached hydrogen (secondary N) is 2. The number of halogens is 2. The number of allylic oxidation sites excluding steroid dienone is 3. The monoisotopic (exact) mass is 334 g/mol. The molecule has 6 heteroatoms. The fourth-order valence-electron chi connectivity index (χ4n) is 1.69. The van der Waals surface area contributed by atoms with Crippen molar-refractivity contribution in [2.75, 3.05) is 11.9 Å². The van der Waals surface area contributed by atoms with Crippen LogP contribution < -0.4 is 5.32 Å². The summed E-state index contributed by atoms with van der Waals surface area (Å²) in [6.07, 6.45) is 5.48. The van der Waals surface area contributed by atoms with E-state index in [9.17, 15) is 0 Å². The van der Waals surface area contributed by atoms with Crippen LogP contribution in [0.25, 0.3) is 11.4 Å². The Balaban J connectivity index is 2.03. The van der Waals surface area contributed by atoms with Gasteiger partial charge in [-0.25, -0.2) is 0 Å². The Labute approximate surface area is 139 Å². The van der Waals surface area contributed by atoms with Gasteiger partial charge in [-0.2, -0.15) is 0 Å². The zero-order valence-electron chi connectivity index (χ0n) is 12.1. The van der Waals surface area contributed by atoms with Crippen LogP contribution in [-0.4, -0.2) is 21.7 Å². The van der Waals surface area contributed by atoms with Crippen molar-refractivity contribution in [2.45, 2.75) is 6.92 Å². The zero-order valence-corrected chi connectivity index (χ0v) is 13.6. The third kappa shape index (κ3) is 4.76. The van der Waals surface area contributed by atoms with E-state index in [4.69, 9.17) is 23.2 Å². The minimum absolute atomic E-state index is 0.569. The topological polar surface area (TPSA) is 53.6 Å². The summed E-state index contributed by atoms with van der Waals surface area (Å²) in [5.74, 6) is 1.27. The van der Waals surface area contributed by atoms with Crippen molar-refractivity contribution in [3.05, 3.63) is 64.7 Å². The van der Waals surface area contributed by atoms with E-state index in [1.54, 1.807) is 6.08 Å². The Morgan fingerprint density at radius 1 is 1.27 bits per heavy atom. The highest BCUT2D eigenvalue weighted by molar-refractivity contribution is 6.30. The first-order valence-corrected chi connectivity index (χ1v) is 7.42. The van der Waals surface area contributed by atoms with Crippen LogP contribution >= 0.6 is 23.2 Å². The molecule has 1 aromatic heterocycles. The number of hydrogen-bond donors (Lipinski definition) is 2. The first kappa shape index (κ1) is 16.3. The Morgan fingerprint density at radius 2 is 2.00 bits per heavy atom. The lowest BCUT2D eigenvalue weighted by molar-refractivity contribution is 1.07. The highest BCUT2D eigenvalue weighted by Crippen LogP contribution is 2.18. The molecule has 0 saturated carbocycles. The van der Waals surface area contributed by atoms with E-state index in [2.05, 4.69) is 27.1 Å². The quantitative estimate of drug-likeness (QED) is 0.746. The molecule has 22 heavy (non-hydrogen) atoms. The number of aromatic nitrogens is 3. The molecule has 0 spiro atoms. The molecular weight excluding hydrogens is 319 g/mol. The van der Waals surface area contributed by atoms with Gasteiger partial charge in [0.2, 0.25) is 5.95 Å². The molecule has 0 bridgehead atoms. The van der Waals surface area contributed by atoms with Crippen LogP contribution in [-0.2, 0) is 0 Å². The van der Waals surface area contributed by atoms with Gasteiger partial charge in [0.1, 0.15) is 0 Å². The molecule has 0 atom stereocenters. The molecule has 114 valence electrons. The molecule has 0 aliphatic heterocycles. The van der Waals surface area contributed by atoms with Gasteiger partial charge in [0.05, 0.1) is 0 Å². The van der Waals surface area contributed by atoms with Crippen molar-refractivity contribution in [1.29, 1.82) is 0 Å². The first-order chi connectivity index (χ1) is 10.6. The van der Waals surface area contributed by atoms with Crippen LogP contribution in [0.2, 0.25) is 5.02 Å². The fraction of sp³-hybridized carbons (Fsp3) is 0.125. The van der Waals surface area contributed by atoms with Crippen molar-refractivity contribution >= 4 is 29.2 Å². The van der Waals surface area contributed by atoms with Crippen LogP contribution in [0.1, 0.15) is 6.92 Å². The van der Waals surface area contributed by atoms with E-state index in [1.807, 2.05) is 43.3 Å². The third-order valence-corrected chi connectivity index (χ3v) is 3.23. The van der Waals surface area contributed by atoms with E-state index in [1.165, 1.54) is 0 Å². The summed E-state index contributed by atoms with van der Waals surface area (Å²) in [7, 11) is 0. The number of benzene rings is 1. The second-order valence-electron chi connectivity index (χ2n) is 4.58. The molecule has 0 aliphatic carbocycles. The lowest BCUT2D eigenvalue weighted by atomic mass is 10.2. The molecule has 0 amide bonds. The van der Waals surface area contributed by atoms with Crippen molar-refractivity contribution in [3.63, 3.8) is 0 Å². The van der Waals surface area contributed by atoms with Crippen LogP contribution in [0.5, 0.6) is 0 Å². The Hall–Kier alpha value is -2.04. The van der Waals surface area contributed by atoms with E-state index in [-0.39, 0.29) is 0 Å². The van der Waals surface area contributed by atoms with E-state index in [0.29, 0.717) is 28.4 Å². The van der Waals surface area contributed by atoms with Crippen LogP contribution in [0, 0.1) is 0 Å². The molecule has 1 heterocycles. The third-order valence-electron chi connectivity index (χ3n) is 2.85. The fourth-order valence-corrected chi connectivity index (χ4v) is 1.88. The average Bonchev–Trinajstić information content (AvgIpc) is 2.97. The predicted molar refractivity (Wildman–Crippen MR) is 93.2 cm³/mol. The van der Waals surface area contributed by atoms with E-state index < -0.39 is 0 Å². The Bertz CT molecular complexity index is 695. The van der Waals surface area contributed by atoms with Crippen LogP contribution in [0.4, 0.5) is 5.95 Å². The lowest BCUT2D eigenvalue weighted by Crippen LogP contribution is -2.04. The molecule has 1 aromatic carbocycles. The van der Waals surface area contributed by atoms with E-state index in [0.717, 1.165) is 11.1 Å².